The molecule has 1 saturated carbocycles. The molecule has 1 aliphatic carbocycles. The second-order valence-electron chi connectivity index (χ2n) is 9.18. The minimum Gasteiger partial charge on any atom is -0.379 e. The number of ether oxygens (including phenoxy) is 1. The molecule has 6 rings (SSSR count). The number of rotatable bonds is 6. The van der Waals surface area contributed by atoms with Gasteiger partial charge in [-0.25, -0.2) is 9.97 Å². The van der Waals surface area contributed by atoms with E-state index in [2.05, 4.69) is 44.0 Å². The lowest BCUT2D eigenvalue weighted by atomic mass is 10.1. The van der Waals surface area contributed by atoms with Gasteiger partial charge in [-0.3, -0.25) is 9.88 Å². The molecule has 2 bridgehead atoms. The topological polar surface area (TPSA) is 68.1 Å². The molecule has 3 aromatic heterocycles. The van der Waals surface area contributed by atoms with E-state index in [1.165, 1.54) is 36.3 Å². The predicted molar refractivity (Wildman–Crippen MR) is 125 cm³/mol. The van der Waals surface area contributed by atoms with Gasteiger partial charge >= 0.3 is 0 Å². The summed E-state index contributed by atoms with van der Waals surface area (Å²) in [5.74, 6) is 2.75. The molecule has 7 heteroatoms. The summed E-state index contributed by atoms with van der Waals surface area (Å²) in [6.07, 6.45) is 5.64. The molecule has 166 valence electrons. The standard InChI is InChI=1S/C25H30N6O/c1-17-3-2-4-21(28-17)23-24(31-20-6-5-19(15-20)25(31)29-23)18-7-8-26-22(16-18)27-9-10-30-11-13-32-14-12-30/h2-4,7-8,16,19-20H,5-6,9-15H2,1H3,(H,26,27)/t19-,20+/m0/s1. The Kier molecular flexibility index (Phi) is 5.15. The molecular weight excluding hydrogens is 400 g/mol. The van der Waals surface area contributed by atoms with Crippen LogP contribution in [0.25, 0.3) is 22.6 Å². The number of nitrogens with one attached hydrogen (secondary N) is 1. The molecule has 0 aromatic carbocycles. The predicted octanol–water partition coefficient (Wildman–Crippen LogP) is 3.88. The number of morpholine rings is 1. The van der Waals surface area contributed by atoms with Gasteiger partial charge in [0.05, 0.1) is 24.6 Å². The minimum absolute atomic E-state index is 0.557. The molecule has 0 amide bonds. The number of anilines is 1. The highest BCUT2D eigenvalue weighted by Gasteiger charge is 2.41. The van der Waals surface area contributed by atoms with E-state index in [0.29, 0.717) is 12.0 Å². The third-order valence-electron chi connectivity index (χ3n) is 7.08. The van der Waals surface area contributed by atoms with Crippen LogP contribution in [0.3, 0.4) is 0 Å². The summed E-state index contributed by atoms with van der Waals surface area (Å²) in [4.78, 5) is 17.0. The van der Waals surface area contributed by atoms with E-state index in [0.717, 1.165) is 62.3 Å². The number of hydrogen-bond donors (Lipinski definition) is 1. The molecule has 7 nitrogen and oxygen atoms in total. The van der Waals surface area contributed by atoms with Crippen molar-refractivity contribution in [2.24, 2.45) is 0 Å². The molecule has 0 unspecified atom stereocenters. The molecule has 2 fully saturated rings. The Morgan fingerprint density at radius 1 is 1.12 bits per heavy atom. The quantitative estimate of drug-likeness (QED) is 0.640. The van der Waals surface area contributed by atoms with Crippen molar-refractivity contribution in [3.63, 3.8) is 0 Å². The third kappa shape index (κ3) is 3.59. The summed E-state index contributed by atoms with van der Waals surface area (Å²) in [5.41, 5.74) is 5.35. The second kappa shape index (κ2) is 8.30. The van der Waals surface area contributed by atoms with Gasteiger partial charge in [-0.1, -0.05) is 6.07 Å². The number of imidazole rings is 1. The number of aryl methyl sites for hydroxylation is 1. The molecule has 1 saturated heterocycles. The van der Waals surface area contributed by atoms with Crippen molar-refractivity contribution >= 4 is 5.82 Å². The molecule has 3 aromatic rings. The summed E-state index contributed by atoms with van der Waals surface area (Å²) >= 11 is 0. The highest BCUT2D eigenvalue weighted by molar-refractivity contribution is 5.79. The van der Waals surface area contributed by atoms with Crippen LogP contribution in [0.4, 0.5) is 5.82 Å². The zero-order chi connectivity index (χ0) is 21.5. The Balaban J connectivity index is 1.32. The maximum absolute atomic E-state index is 5.45. The van der Waals surface area contributed by atoms with Crippen LogP contribution in [0.1, 0.15) is 42.7 Å². The first-order valence-electron chi connectivity index (χ1n) is 11.8. The molecular formula is C25H30N6O. The van der Waals surface area contributed by atoms with Crippen molar-refractivity contribution in [3.8, 4) is 22.6 Å². The Labute approximate surface area is 188 Å². The Bertz CT molecular complexity index is 1120. The Morgan fingerprint density at radius 3 is 2.91 bits per heavy atom. The van der Waals surface area contributed by atoms with Crippen LogP contribution in [0, 0.1) is 6.92 Å². The van der Waals surface area contributed by atoms with E-state index < -0.39 is 0 Å². The van der Waals surface area contributed by atoms with Gasteiger partial charge in [0, 0.05) is 55.6 Å². The number of aromatic nitrogens is 4. The maximum Gasteiger partial charge on any atom is 0.126 e. The van der Waals surface area contributed by atoms with E-state index in [1.807, 2.05) is 19.2 Å². The maximum atomic E-state index is 5.45. The molecule has 2 aliphatic heterocycles. The first-order valence-corrected chi connectivity index (χ1v) is 11.8. The van der Waals surface area contributed by atoms with Crippen molar-refractivity contribution in [3.05, 3.63) is 48.0 Å². The summed E-state index contributed by atoms with van der Waals surface area (Å²) < 4.78 is 7.95. The molecule has 1 N–H and O–H groups in total. The smallest absolute Gasteiger partial charge is 0.126 e. The zero-order valence-electron chi connectivity index (χ0n) is 18.6. The first kappa shape index (κ1) is 19.9. The van der Waals surface area contributed by atoms with Gasteiger partial charge in [-0.2, -0.15) is 0 Å². The highest BCUT2D eigenvalue weighted by Crippen LogP contribution is 2.52. The van der Waals surface area contributed by atoms with Crippen LogP contribution in [-0.4, -0.2) is 63.8 Å². The van der Waals surface area contributed by atoms with Crippen molar-refractivity contribution in [1.82, 2.24) is 24.4 Å². The van der Waals surface area contributed by atoms with Crippen LogP contribution in [0.5, 0.6) is 0 Å². The van der Waals surface area contributed by atoms with Crippen LogP contribution >= 0.6 is 0 Å². The average molecular weight is 431 g/mol. The number of pyridine rings is 2. The van der Waals surface area contributed by atoms with Gasteiger partial charge in [0.25, 0.3) is 0 Å². The third-order valence-corrected chi connectivity index (χ3v) is 7.08. The lowest BCUT2D eigenvalue weighted by Gasteiger charge is -2.26. The normalized spacial score (nSPS) is 22.3. The summed E-state index contributed by atoms with van der Waals surface area (Å²) in [7, 11) is 0. The Morgan fingerprint density at radius 2 is 2.03 bits per heavy atom. The zero-order valence-corrected chi connectivity index (χ0v) is 18.6. The average Bonchev–Trinajstić information content (AvgIpc) is 3.53. The summed E-state index contributed by atoms with van der Waals surface area (Å²) in [6.45, 7) is 7.59. The first-order chi connectivity index (χ1) is 15.8. The molecule has 3 aliphatic rings. The SMILES string of the molecule is Cc1cccc(-c2nc3n(c2-c2ccnc(NCCN4CCOCC4)c2)[C@@H]2CC[C@H]3C2)n1. The van der Waals surface area contributed by atoms with Crippen LogP contribution in [0.15, 0.2) is 36.5 Å². The molecule has 0 spiro atoms. The largest absolute Gasteiger partial charge is 0.379 e. The fourth-order valence-corrected chi connectivity index (χ4v) is 5.51. The number of fused-ring (bicyclic) bond motifs is 5. The number of nitrogens with zero attached hydrogens (tertiary/aromatic N) is 5. The van der Waals surface area contributed by atoms with Gasteiger partial charge in [-0.15, -0.1) is 0 Å². The molecule has 5 heterocycles. The number of hydrogen-bond acceptors (Lipinski definition) is 6. The molecule has 32 heavy (non-hydrogen) atoms. The van der Waals surface area contributed by atoms with Crippen molar-refractivity contribution in [2.75, 3.05) is 44.7 Å². The van der Waals surface area contributed by atoms with Crippen LogP contribution < -0.4 is 5.32 Å². The van der Waals surface area contributed by atoms with Gasteiger partial charge in [0.1, 0.15) is 17.3 Å². The Hall–Kier alpha value is -2.77. The van der Waals surface area contributed by atoms with E-state index >= 15 is 0 Å². The summed E-state index contributed by atoms with van der Waals surface area (Å²) in [6, 6.07) is 11.0. The van der Waals surface area contributed by atoms with Gasteiger partial charge in [-0.05, 0) is 50.5 Å². The molecule has 0 radical (unpaired) electrons. The van der Waals surface area contributed by atoms with E-state index in [4.69, 9.17) is 14.7 Å². The minimum atomic E-state index is 0.557. The van der Waals surface area contributed by atoms with Crippen molar-refractivity contribution in [1.29, 1.82) is 0 Å². The fraction of sp³-hybridized carbons (Fsp3) is 0.480. The monoisotopic (exact) mass is 430 g/mol. The van der Waals surface area contributed by atoms with E-state index in [1.54, 1.807) is 0 Å². The van der Waals surface area contributed by atoms with Crippen molar-refractivity contribution < 1.29 is 4.74 Å². The molecule has 2 atom stereocenters. The van der Waals surface area contributed by atoms with E-state index in [-0.39, 0.29) is 0 Å². The lowest BCUT2D eigenvalue weighted by molar-refractivity contribution is 0.0398. The summed E-state index contributed by atoms with van der Waals surface area (Å²) in [5, 5.41) is 3.53. The second-order valence-corrected chi connectivity index (χ2v) is 9.18. The van der Waals surface area contributed by atoms with E-state index in [9.17, 15) is 0 Å². The van der Waals surface area contributed by atoms with Gasteiger partial charge in [0.2, 0.25) is 0 Å². The van der Waals surface area contributed by atoms with Gasteiger partial charge < -0.3 is 14.6 Å². The lowest BCUT2D eigenvalue weighted by Crippen LogP contribution is -2.39. The van der Waals surface area contributed by atoms with Crippen LogP contribution in [-0.2, 0) is 4.74 Å². The fourth-order valence-electron chi connectivity index (χ4n) is 5.51. The highest BCUT2D eigenvalue weighted by atomic mass is 16.5. The van der Waals surface area contributed by atoms with Crippen molar-refractivity contribution in [2.45, 2.75) is 38.1 Å². The van der Waals surface area contributed by atoms with Gasteiger partial charge in [0.15, 0.2) is 0 Å². The van der Waals surface area contributed by atoms with Crippen LogP contribution in [0.2, 0.25) is 0 Å².